The molecule has 0 saturated carbocycles. The van der Waals surface area contributed by atoms with Gasteiger partial charge in [-0.3, -0.25) is 0 Å². The molecule has 4 heterocycles. The topological polar surface area (TPSA) is 259 Å². The van der Waals surface area contributed by atoms with Crippen LogP contribution in [0.4, 0.5) is 27.7 Å². The number of benzene rings is 2. The Morgan fingerprint density at radius 1 is 1.02 bits per heavy atom. The minimum absolute atomic E-state index is 0.0131. The number of pyridine rings is 1. The highest BCUT2D eigenvalue weighted by atomic mass is 32.2. The molecule has 51 heavy (non-hydrogen) atoms. The second-order valence-corrected chi connectivity index (χ2v) is 14.9. The first-order chi connectivity index (χ1) is 24.3. The molecule has 3 aromatic rings. The second kappa shape index (κ2) is 14.8. The van der Waals surface area contributed by atoms with Crippen LogP contribution in [-0.4, -0.2) is 86.5 Å². The summed E-state index contributed by atoms with van der Waals surface area (Å²) in [7, 11) is -4.12. The van der Waals surface area contributed by atoms with E-state index in [2.05, 4.69) is 10.3 Å². The number of nitrogens with zero attached hydrogens (tertiary/aromatic N) is 2. The van der Waals surface area contributed by atoms with E-state index in [-0.39, 0.29) is 78.4 Å². The van der Waals surface area contributed by atoms with Gasteiger partial charge in [-0.15, -0.1) is 0 Å². The predicted molar refractivity (Wildman–Crippen MR) is 185 cm³/mol. The second-order valence-electron chi connectivity index (χ2n) is 13.0. The lowest BCUT2D eigenvalue weighted by atomic mass is 10.0. The minimum atomic E-state index is -4.12. The highest BCUT2D eigenvalue weighted by Gasteiger charge is 2.44. The molecule has 2 fully saturated rings. The number of hydrogen-bond donors (Lipinski definition) is 6. The van der Waals surface area contributed by atoms with E-state index in [4.69, 9.17) is 51.4 Å². The number of ether oxygens (including phenoxy) is 6. The number of alkyl carbamates (subject to hydrolysis) is 1. The van der Waals surface area contributed by atoms with E-state index in [1.807, 2.05) is 13.8 Å². The quantitative estimate of drug-likeness (QED) is 0.147. The maximum absolute atomic E-state index is 13.9. The lowest BCUT2D eigenvalue weighted by Crippen LogP contribution is -2.51. The van der Waals surface area contributed by atoms with Gasteiger partial charge in [0.05, 0.1) is 41.9 Å². The number of carbonyl (C=O) groups excluding carboxylic acids is 1. The van der Waals surface area contributed by atoms with Gasteiger partial charge < -0.3 is 61.8 Å². The summed E-state index contributed by atoms with van der Waals surface area (Å²) < 4.78 is 62.5. The molecule has 2 aromatic carbocycles. The number of rotatable bonds is 13. The molecule has 17 nitrogen and oxygen atoms in total. The molecule has 3 aliphatic rings. The molecule has 2 saturated heterocycles. The summed E-state index contributed by atoms with van der Waals surface area (Å²) in [6.07, 6.45) is -2.34. The van der Waals surface area contributed by atoms with Gasteiger partial charge in [0.25, 0.3) is 0 Å². The number of nitrogens with one attached hydrogen (secondary N) is 1. The predicted octanol–water partition coefficient (Wildman–Crippen LogP) is 2.04. The van der Waals surface area contributed by atoms with Gasteiger partial charge in [0.1, 0.15) is 23.2 Å². The fourth-order valence-corrected chi connectivity index (χ4v) is 7.76. The number of nitrogens with two attached hydrogens (primary N) is 4. The average molecular weight is 730 g/mol. The van der Waals surface area contributed by atoms with Crippen molar-refractivity contribution in [2.24, 2.45) is 11.8 Å². The molecule has 3 aliphatic heterocycles. The van der Waals surface area contributed by atoms with Gasteiger partial charge in [-0.2, -0.15) is 9.29 Å². The minimum Gasteiger partial charge on any atom is -0.454 e. The Balaban J connectivity index is 1.21. The Labute approximate surface area is 295 Å². The summed E-state index contributed by atoms with van der Waals surface area (Å²) in [6.45, 7) is 4.16. The number of carbonyl (C=O) groups is 1. The van der Waals surface area contributed by atoms with Gasteiger partial charge in [-0.1, -0.05) is 26.0 Å². The Morgan fingerprint density at radius 3 is 2.51 bits per heavy atom. The first-order valence-corrected chi connectivity index (χ1v) is 17.9. The number of fused-ring (bicyclic) bond motifs is 2. The van der Waals surface area contributed by atoms with Crippen LogP contribution in [0.2, 0.25) is 0 Å². The molecular formula is C33H43N7O10S. The smallest absolute Gasteiger partial charge is 0.407 e. The third kappa shape index (κ3) is 7.94. The van der Waals surface area contributed by atoms with Gasteiger partial charge in [-0.05, 0) is 48.6 Å². The molecule has 0 unspecified atom stereocenters. The zero-order valence-corrected chi connectivity index (χ0v) is 29.0. The van der Waals surface area contributed by atoms with E-state index in [0.717, 1.165) is 0 Å². The third-order valence-electron chi connectivity index (χ3n) is 8.85. The third-order valence-corrected chi connectivity index (χ3v) is 10.7. The van der Waals surface area contributed by atoms with Crippen LogP contribution in [0.15, 0.2) is 47.4 Å². The molecular weight excluding hydrogens is 686 g/mol. The maximum atomic E-state index is 13.9. The molecule has 10 N–H and O–H groups in total. The zero-order valence-electron chi connectivity index (χ0n) is 28.2. The Hall–Kier alpha value is -4.75. The SMILES string of the molecule is CC(C)CN(C[C@@H](O)[C@H](Cc1ccc(Oc2nc(N)c(N)c(N)c2N)cc1)NC(=O)O[C@H]1CO[C@H]2OCC[C@H]21)S(=O)(=O)c1ccc2c(c1)OCO2. The number of nitrogen functional groups attached to an aromatic ring is 4. The Kier molecular flexibility index (Phi) is 10.5. The van der Waals surface area contributed by atoms with E-state index in [1.165, 1.54) is 22.5 Å². The number of sulfonamides is 1. The van der Waals surface area contributed by atoms with Gasteiger partial charge in [-0.25, -0.2) is 13.2 Å². The molecule has 0 spiro atoms. The van der Waals surface area contributed by atoms with Crippen molar-refractivity contribution < 1.29 is 46.7 Å². The van der Waals surface area contributed by atoms with Gasteiger partial charge in [0.15, 0.2) is 23.6 Å². The standard InChI is InChI=1S/C33H43N7O10S/c1-17(2)13-40(51(43,44)20-7-8-24-25(12-20)48-16-47-24)14-23(41)22(38-33(42)50-26-15-46-32-21(26)9-10-45-32)11-18-3-5-19(6-4-18)49-31-29(36)27(34)28(35)30(37)39-31/h3-8,12,17,21-23,26,32,41H,9-11,13-16,35-36H2,1-2H3,(H,38,42)(H4,34,37,39)/t21-,22-,23+,26-,32+/m0/s1. The number of hydrogen-bond acceptors (Lipinski definition) is 15. The van der Waals surface area contributed by atoms with Crippen LogP contribution in [0.25, 0.3) is 0 Å². The van der Waals surface area contributed by atoms with Crippen LogP contribution < -0.4 is 42.5 Å². The van der Waals surface area contributed by atoms with Crippen LogP contribution in [0.1, 0.15) is 25.8 Å². The lowest BCUT2D eigenvalue weighted by Gasteiger charge is -2.31. The molecule has 1 aromatic heterocycles. The van der Waals surface area contributed by atoms with E-state index < -0.39 is 40.7 Å². The summed E-state index contributed by atoms with van der Waals surface area (Å²) in [5.41, 5.74) is 24.4. The van der Waals surface area contributed by atoms with Gasteiger partial charge in [0, 0.05) is 19.2 Å². The molecule has 6 rings (SSSR count). The van der Waals surface area contributed by atoms with Gasteiger partial charge in [0.2, 0.25) is 22.7 Å². The van der Waals surface area contributed by atoms with Crippen LogP contribution in [0, 0.1) is 11.8 Å². The fourth-order valence-electron chi connectivity index (χ4n) is 6.12. The van der Waals surface area contributed by atoms with E-state index >= 15 is 0 Å². The van der Waals surface area contributed by atoms with E-state index in [0.29, 0.717) is 35.8 Å². The first kappa shape index (κ1) is 36.1. The maximum Gasteiger partial charge on any atom is 0.407 e. The average Bonchev–Trinajstić information content (AvgIpc) is 3.85. The summed E-state index contributed by atoms with van der Waals surface area (Å²) in [4.78, 5) is 17.3. The van der Waals surface area contributed by atoms with Crippen molar-refractivity contribution >= 4 is 39.0 Å². The number of aromatic nitrogens is 1. The molecule has 0 radical (unpaired) electrons. The molecule has 18 heteroatoms. The monoisotopic (exact) mass is 729 g/mol. The largest absolute Gasteiger partial charge is 0.454 e. The lowest BCUT2D eigenvalue weighted by molar-refractivity contribution is -0.0907. The summed E-state index contributed by atoms with van der Waals surface area (Å²) in [5, 5.41) is 14.5. The van der Waals surface area contributed by atoms with Gasteiger partial charge >= 0.3 is 6.09 Å². The van der Waals surface area contributed by atoms with Crippen molar-refractivity contribution in [3.8, 4) is 23.1 Å². The van der Waals surface area contributed by atoms with Crippen LogP contribution >= 0.6 is 0 Å². The van der Waals surface area contributed by atoms with Crippen molar-refractivity contribution in [3.05, 3.63) is 48.0 Å². The first-order valence-electron chi connectivity index (χ1n) is 16.4. The number of anilines is 4. The van der Waals surface area contributed by atoms with Crippen molar-refractivity contribution in [1.82, 2.24) is 14.6 Å². The van der Waals surface area contributed by atoms with Crippen molar-refractivity contribution in [3.63, 3.8) is 0 Å². The number of aliphatic hydroxyl groups excluding tert-OH is 1. The normalized spacial score (nSPS) is 20.7. The molecule has 5 atom stereocenters. The van der Waals surface area contributed by atoms with Crippen molar-refractivity contribution in [2.45, 2.75) is 56.1 Å². The zero-order chi connectivity index (χ0) is 36.4. The molecule has 0 bridgehead atoms. The summed E-state index contributed by atoms with van der Waals surface area (Å²) >= 11 is 0. The Bertz CT molecular complexity index is 1850. The van der Waals surface area contributed by atoms with Crippen molar-refractivity contribution in [1.29, 1.82) is 0 Å². The highest BCUT2D eigenvalue weighted by molar-refractivity contribution is 7.89. The van der Waals surface area contributed by atoms with Crippen LogP contribution in [-0.2, 0) is 30.7 Å². The van der Waals surface area contributed by atoms with Crippen molar-refractivity contribution in [2.75, 3.05) is 56.0 Å². The molecule has 1 amide bonds. The highest BCUT2D eigenvalue weighted by Crippen LogP contribution is 2.37. The number of aliphatic hydroxyl groups is 1. The van der Waals surface area contributed by atoms with Crippen LogP contribution in [0.3, 0.4) is 0 Å². The molecule has 0 aliphatic carbocycles. The summed E-state index contributed by atoms with van der Waals surface area (Å²) in [5.74, 6) is 0.842. The fraction of sp³-hybridized carbons (Fsp3) is 0.455. The van der Waals surface area contributed by atoms with E-state index in [1.54, 1.807) is 24.3 Å². The van der Waals surface area contributed by atoms with Crippen LogP contribution in [0.5, 0.6) is 23.1 Å². The number of amides is 1. The summed E-state index contributed by atoms with van der Waals surface area (Å²) in [6, 6.07) is 10.1. The Morgan fingerprint density at radius 2 is 1.76 bits per heavy atom. The van der Waals surface area contributed by atoms with E-state index in [9.17, 15) is 18.3 Å². The molecule has 276 valence electrons.